The molecule has 0 unspecified atom stereocenters. The Labute approximate surface area is 109 Å². The van der Waals surface area contributed by atoms with E-state index in [4.69, 9.17) is 10.5 Å². The van der Waals surface area contributed by atoms with E-state index in [1.54, 1.807) is 0 Å². The highest BCUT2D eigenvalue weighted by molar-refractivity contribution is 5.67. The fourth-order valence-electron chi connectivity index (χ4n) is 1.53. The average molecular weight is 250 g/mol. The van der Waals surface area contributed by atoms with Gasteiger partial charge in [-0.25, -0.2) is 4.79 Å². The third-order valence-electron chi connectivity index (χ3n) is 2.43. The van der Waals surface area contributed by atoms with E-state index in [0.717, 1.165) is 11.3 Å². The second-order valence-electron chi connectivity index (χ2n) is 5.45. The number of hydrogen-bond acceptors (Lipinski definition) is 3. The number of benzene rings is 1. The van der Waals surface area contributed by atoms with E-state index >= 15 is 0 Å². The van der Waals surface area contributed by atoms with Crippen LogP contribution in [0.2, 0.25) is 0 Å². The number of carbonyl (C=O) groups is 1. The number of amides is 1. The van der Waals surface area contributed by atoms with Crippen LogP contribution >= 0.6 is 0 Å². The molecule has 0 aliphatic rings. The zero-order valence-electron chi connectivity index (χ0n) is 11.5. The van der Waals surface area contributed by atoms with Crippen molar-refractivity contribution in [3.8, 4) is 0 Å². The first-order chi connectivity index (χ1) is 8.28. The molecule has 0 aliphatic carbocycles. The maximum absolute atomic E-state index is 11.5. The first-order valence-electron chi connectivity index (χ1n) is 6.10. The Morgan fingerprint density at radius 1 is 1.44 bits per heavy atom. The number of nitrogens with one attached hydrogen (secondary N) is 1. The van der Waals surface area contributed by atoms with E-state index < -0.39 is 11.7 Å². The minimum atomic E-state index is -0.468. The Morgan fingerprint density at radius 3 is 2.67 bits per heavy atom. The quantitative estimate of drug-likeness (QED) is 0.811. The predicted octanol–water partition coefficient (Wildman–Crippen LogP) is 2.90. The van der Waals surface area contributed by atoms with Gasteiger partial charge in [0.05, 0.1) is 0 Å². The number of hydrogen-bond donors (Lipinski definition) is 2. The molecule has 4 nitrogen and oxygen atoms in total. The summed E-state index contributed by atoms with van der Waals surface area (Å²) in [4.78, 5) is 11.5. The van der Waals surface area contributed by atoms with Crippen molar-refractivity contribution in [1.29, 1.82) is 0 Å². The van der Waals surface area contributed by atoms with Gasteiger partial charge in [-0.15, -0.1) is 0 Å². The summed E-state index contributed by atoms with van der Waals surface area (Å²) in [6, 6.07) is 7.67. The number of alkyl carbamates (subject to hydrolysis) is 1. The van der Waals surface area contributed by atoms with E-state index in [-0.39, 0.29) is 5.92 Å². The Balaban J connectivity index is 2.46. The van der Waals surface area contributed by atoms with Gasteiger partial charge in [-0.2, -0.15) is 0 Å². The lowest BCUT2D eigenvalue weighted by molar-refractivity contribution is 0.0525. The van der Waals surface area contributed by atoms with Gasteiger partial charge in [-0.05, 0) is 44.4 Å². The highest BCUT2D eigenvalue weighted by atomic mass is 16.6. The summed E-state index contributed by atoms with van der Waals surface area (Å²) in [6.07, 6.45) is -0.391. The largest absolute Gasteiger partial charge is 0.444 e. The molecule has 3 N–H and O–H groups in total. The molecule has 0 radical (unpaired) electrons. The Hall–Kier alpha value is -1.71. The van der Waals surface area contributed by atoms with Crippen LogP contribution in [0.5, 0.6) is 0 Å². The molecular weight excluding hydrogens is 228 g/mol. The SMILES string of the molecule is C[C@H](CNC(=O)OC(C)(C)C)c1cccc(N)c1. The third-order valence-corrected chi connectivity index (χ3v) is 2.43. The molecule has 0 saturated heterocycles. The molecule has 4 heteroatoms. The fourth-order valence-corrected chi connectivity index (χ4v) is 1.53. The van der Waals surface area contributed by atoms with Crippen LogP contribution in [-0.2, 0) is 4.74 Å². The van der Waals surface area contributed by atoms with Crippen molar-refractivity contribution in [1.82, 2.24) is 5.32 Å². The first kappa shape index (κ1) is 14.4. The standard InChI is InChI=1S/C14H22N2O2/c1-10(11-6-5-7-12(15)8-11)9-16-13(17)18-14(2,3)4/h5-8,10H,9,15H2,1-4H3,(H,16,17)/t10-/m1/s1. The molecule has 1 atom stereocenters. The molecule has 0 fully saturated rings. The second kappa shape index (κ2) is 5.76. The summed E-state index contributed by atoms with van der Waals surface area (Å²) in [5.41, 5.74) is 7.09. The third kappa shape index (κ3) is 5.08. The van der Waals surface area contributed by atoms with E-state index in [9.17, 15) is 4.79 Å². The Morgan fingerprint density at radius 2 is 2.11 bits per heavy atom. The van der Waals surface area contributed by atoms with Gasteiger partial charge in [-0.3, -0.25) is 0 Å². The van der Waals surface area contributed by atoms with E-state index in [2.05, 4.69) is 5.32 Å². The van der Waals surface area contributed by atoms with Gasteiger partial charge in [0.1, 0.15) is 5.60 Å². The molecular formula is C14H22N2O2. The molecule has 1 amide bonds. The number of nitrogens with two attached hydrogens (primary N) is 1. The maximum Gasteiger partial charge on any atom is 0.407 e. The van der Waals surface area contributed by atoms with Crippen molar-refractivity contribution in [2.24, 2.45) is 0 Å². The van der Waals surface area contributed by atoms with Crippen molar-refractivity contribution >= 4 is 11.8 Å². The van der Waals surface area contributed by atoms with Gasteiger partial charge in [0.2, 0.25) is 0 Å². The van der Waals surface area contributed by atoms with Gasteiger partial charge in [0.15, 0.2) is 0 Å². The number of rotatable bonds is 3. The first-order valence-corrected chi connectivity index (χ1v) is 6.10. The van der Waals surface area contributed by atoms with Crippen LogP contribution in [0.1, 0.15) is 39.2 Å². The minimum absolute atomic E-state index is 0.195. The maximum atomic E-state index is 11.5. The lowest BCUT2D eigenvalue weighted by atomic mass is 10.0. The lowest BCUT2D eigenvalue weighted by Crippen LogP contribution is -2.34. The van der Waals surface area contributed by atoms with Crippen LogP contribution in [0, 0.1) is 0 Å². The van der Waals surface area contributed by atoms with Crippen molar-refractivity contribution < 1.29 is 9.53 Å². The van der Waals surface area contributed by atoms with Gasteiger partial charge >= 0.3 is 6.09 Å². The summed E-state index contributed by atoms with van der Waals surface area (Å²) < 4.78 is 5.17. The molecule has 0 aromatic heterocycles. The van der Waals surface area contributed by atoms with Gasteiger partial charge < -0.3 is 15.8 Å². The van der Waals surface area contributed by atoms with Gasteiger partial charge in [0.25, 0.3) is 0 Å². The van der Waals surface area contributed by atoms with E-state index in [1.807, 2.05) is 52.0 Å². The van der Waals surface area contributed by atoms with Crippen LogP contribution < -0.4 is 11.1 Å². The van der Waals surface area contributed by atoms with Crippen molar-refractivity contribution in [3.05, 3.63) is 29.8 Å². The van der Waals surface area contributed by atoms with Crippen LogP contribution in [0.25, 0.3) is 0 Å². The van der Waals surface area contributed by atoms with Crippen molar-refractivity contribution in [3.63, 3.8) is 0 Å². The molecule has 1 rings (SSSR count). The molecule has 0 aliphatic heterocycles. The fraction of sp³-hybridized carbons (Fsp3) is 0.500. The number of anilines is 1. The highest BCUT2D eigenvalue weighted by Gasteiger charge is 2.16. The zero-order valence-corrected chi connectivity index (χ0v) is 11.5. The van der Waals surface area contributed by atoms with Crippen LogP contribution in [0.3, 0.4) is 0 Å². The van der Waals surface area contributed by atoms with Gasteiger partial charge in [-0.1, -0.05) is 19.1 Å². The average Bonchev–Trinajstić information content (AvgIpc) is 2.23. The minimum Gasteiger partial charge on any atom is -0.444 e. The molecule has 0 heterocycles. The molecule has 0 saturated carbocycles. The summed E-state index contributed by atoms with van der Waals surface area (Å²) in [5, 5.41) is 2.75. The molecule has 1 aromatic rings. The predicted molar refractivity (Wildman–Crippen MR) is 73.5 cm³/mol. The lowest BCUT2D eigenvalue weighted by Gasteiger charge is -2.21. The summed E-state index contributed by atoms with van der Waals surface area (Å²) in [6.45, 7) is 8.08. The van der Waals surface area contributed by atoms with E-state index in [0.29, 0.717) is 6.54 Å². The second-order valence-corrected chi connectivity index (χ2v) is 5.45. The summed E-state index contributed by atoms with van der Waals surface area (Å²) >= 11 is 0. The molecule has 0 bridgehead atoms. The Bertz CT molecular complexity index is 411. The molecule has 1 aromatic carbocycles. The van der Waals surface area contributed by atoms with Crippen LogP contribution in [-0.4, -0.2) is 18.2 Å². The molecule has 0 spiro atoms. The monoisotopic (exact) mass is 250 g/mol. The van der Waals surface area contributed by atoms with Crippen molar-refractivity contribution in [2.75, 3.05) is 12.3 Å². The summed E-state index contributed by atoms with van der Waals surface area (Å²) in [5.74, 6) is 0.195. The highest BCUT2D eigenvalue weighted by Crippen LogP contribution is 2.17. The van der Waals surface area contributed by atoms with Crippen molar-refractivity contribution in [2.45, 2.75) is 39.2 Å². The topological polar surface area (TPSA) is 64.3 Å². The number of nitrogen functional groups attached to an aromatic ring is 1. The molecule has 100 valence electrons. The Kier molecular flexibility index (Phi) is 4.59. The zero-order chi connectivity index (χ0) is 13.8. The smallest absolute Gasteiger partial charge is 0.407 e. The normalized spacial score (nSPS) is 12.9. The number of ether oxygens (including phenoxy) is 1. The number of carbonyl (C=O) groups excluding carboxylic acids is 1. The van der Waals surface area contributed by atoms with Crippen LogP contribution in [0.15, 0.2) is 24.3 Å². The van der Waals surface area contributed by atoms with E-state index in [1.165, 1.54) is 0 Å². The van der Waals surface area contributed by atoms with Crippen LogP contribution in [0.4, 0.5) is 10.5 Å². The molecule has 18 heavy (non-hydrogen) atoms. The summed E-state index contributed by atoms with van der Waals surface area (Å²) in [7, 11) is 0. The van der Waals surface area contributed by atoms with Gasteiger partial charge in [0, 0.05) is 12.2 Å².